The maximum absolute atomic E-state index is 2.26. The van der Waals surface area contributed by atoms with Gasteiger partial charge in [-0.3, -0.25) is 0 Å². The fourth-order valence-electron chi connectivity index (χ4n) is 2.84. The molecule has 0 N–H and O–H groups in total. The van der Waals surface area contributed by atoms with Crippen LogP contribution in [0.4, 0.5) is 0 Å². The van der Waals surface area contributed by atoms with Crippen molar-refractivity contribution in [2.24, 2.45) is 0 Å². The molecule has 116 valence electrons. The van der Waals surface area contributed by atoms with Crippen LogP contribution < -0.4 is 0 Å². The molecule has 0 aliphatic heterocycles. The first kappa shape index (κ1) is 15.6. The highest BCUT2D eigenvalue weighted by atomic mass is 14.0. The van der Waals surface area contributed by atoms with Gasteiger partial charge in [0.1, 0.15) is 0 Å². The highest BCUT2D eigenvalue weighted by Gasteiger charge is 2.00. The molecule has 0 heterocycles. The Morgan fingerprint density at radius 3 is 1.39 bits per heavy atom. The fourth-order valence-corrected chi connectivity index (χ4v) is 2.84. The van der Waals surface area contributed by atoms with E-state index in [0.29, 0.717) is 0 Å². The van der Waals surface area contributed by atoms with Crippen molar-refractivity contribution in [3.8, 4) is 11.1 Å². The van der Waals surface area contributed by atoms with Crippen LogP contribution in [0.5, 0.6) is 0 Å². The van der Waals surface area contributed by atoms with E-state index in [1.165, 1.54) is 33.4 Å². The molecule has 23 heavy (non-hydrogen) atoms. The second-order valence-electron chi connectivity index (χ2n) is 6.23. The Hall–Kier alpha value is -2.34. The quantitative estimate of drug-likeness (QED) is 0.541. The lowest BCUT2D eigenvalue weighted by molar-refractivity contribution is 0.957. The van der Waals surface area contributed by atoms with E-state index in [-0.39, 0.29) is 0 Å². The van der Waals surface area contributed by atoms with Crippen LogP contribution in [0.15, 0.2) is 72.8 Å². The van der Waals surface area contributed by atoms with Crippen molar-refractivity contribution in [2.75, 3.05) is 0 Å². The van der Waals surface area contributed by atoms with Gasteiger partial charge in [-0.2, -0.15) is 0 Å². The minimum atomic E-state index is 1.10. The lowest BCUT2D eigenvalue weighted by Crippen LogP contribution is -1.92. The molecule has 0 bridgehead atoms. The smallest absolute Gasteiger partial charge is 0.0184 e. The van der Waals surface area contributed by atoms with Crippen LogP contribution in [0.2, 0.25) is 0 Å². The SMILES string of the molecule is CCc1ccc(CCc2ccc(-c3ccc(C)cc3)cc2)cc1. The molecule has 0 amide bonds. The first-order valence-electron chi connectivity index (χ1n) is 8.48. The van der Waals surface area contributed by atoms with Crippen molar-refractivity contribution in [3.05, 3.63) is 95.1 Å². The standard InChI is InChI=1S/C23H24/c1-3-19-6-8-20(9-7-19)10-11-21-12-16-23(17-13-21)22-14-4-18(2)5-15-22/h4-9,12-17H,3,10-11H2,1-2H3. The van der Waals surface area contributed by atoms with E-state index in [4.69, 9.17) is 0 Å². The van der Waals surface area contributed by atoms with Crippen LogP contribution in [0.3, 0.4) is 0 Å². The Morgan fingerprint density at radius 1 is 0.522 bits per heavy atom. The number of hydrogen-bond donors (Lipinski definition) is 0. The number of hydrogen-bond acceptors (Lipinski definition) is 0. The van der Waals surface area contributed by atoms with Crippen molar-refractivity contribution in [2.45, 2.75) is 33.1 Å². The summed E-state index contributed by atoms with van der Waals surface area (Å²) in [5, 5.41) is 0. The topological polar surface area (TPSA) is 0 Å². The van der Waals surface area contributed by atoms with Crippen LogP contribution in [0, 0.1) is 6.92 Å². The molecule has 3 aromatic carbocycles. The van der Waals surface area contributed by atoms with Gasteiger partial charge >= 0.3 is 0 Å². The summed E-state index contributed by atoms with van der Waals surface area (Å²) in [6, 6.07) is 26.7. The minimum absolute atomic E-state index is 1.10. The van der Waals surface area contributed by atoms with Crippen LogP contribution in [0.1, 0.15) is 29.2 Å². The van der Waals surface area contributed by atoms with E-state index in [1.807, 2.05) is 0 Å². The molecule has 0 fully saturated rings. The predicted octanol–water partition coefficient (Wildman–Crippen LogP) is 6.01. The molecule has 3 aromatic rings. The summed E-state index contributed by atoms with van der Waals surface area (Å²) in [4.78, 5) is 0. The van der Waals surface area contributed by atoms with Gasteiger partial charge in [-0.15, -0.1) is 0 Å². The molecular formula is C23H24. The Kier molecular flexibility index (Phi) is 4.92. The predicted molar refractivity (Wildman–Crippen MR) is 99.8 cm³/mol. The van der Waals surface area contributed by atoms with Crippen molar-refractivity contribution in [1.82, 2.24) is 0 Å². The summed E-state index contributed by atoms with van der Waals surface area (Å²) in [7, 11) is 0. The molecule has 0 nitrogen and oxygen atoms in total. The molecule has 0 unspecified atom stereocenters. The van der Waals surface area contributed by atoms with Crippen molar-refractivity contribution in [1.29, 1.82) is 0 Å². The zero-order valence-corrected chi connectivity index (χ0v) is 14.0. The number of benzene rings is 3. The Balaban J connectivity index is 1.64. The second kappa shape index (κ2) is 7.28. The van der Waals surface area contributed by atoms with Gasteiger partial charge < -0.3 is 0 Å². The summed E-state index contributed by atoms with van der Waals surface area (Å²) < 4.78 is 0. The maximum atomic E-state index is 2.26. The van der Waals surface area contributed by atoms with E-state index in [2.05, 4.69) is 86.6 Å². The van der Waals surface area contributed by atoms with Gasteiger partial charge in [0, 0.05) is 0 Å². The van der Waals surface area contributed by atoms with Gasteiger partial charge in [-0.05, 0) is 54.0 Å². The Labute approximate surface area is 139 Å². The first-order valence-corrected chi connectivity index (χ1v) is 8.48. The molecular weight excluding hydrogens is 276 g/mol. The summed E-state index contributed by atoms with van der Waals surface area (Å²) >= 11 is 0. The molecule has 0 saturated heterocycles. The Bertz CT molecular complexity index is 732. The van der Waals surface area contributed by atoms with Gasteiger partial charge in [0.25, 0.3) is 0 Å². The van der Waals surface area contributed by atoms with Crippen molar-refractivity contribution >= 4 is 0 Å². The molecule has 0 aliphatic carbocycles. The van der Waals surface area contributed by atoms with E-state index in [1.54, 1.807) is 0 Å². The zero-order chi connectivity index (χ0) is 16.1. The average Bonchev–Trinajstić information content (AvgIpc) is 2.61. The highest BCUT2D eigenvalue weighted by Crippen LogP contribution is 2.21. The molecule has 0 radical (unpaired) electrons. The molecule has 0 aromatic heterocycles. The molecule has 0 atom stereocenters. The van der Waals surface area contributed by atoms with E-state index in [9.17, 15) is 0 Å². The normalized spacial score (nSPS) is 10.7. The van der Waals surface area contributed by atoms with Gasteiger partial charge in [0.05, 0.1) is 0 Å². The molecule has 0 heteroatoms. The number of aryl methyl sites for hydroxylation is 4. The minimum Gasteiger partial charge on any atom is -0.0613 e. The third kappa shape index (κ3) is 4.10. The van der Waals surface area contributed by atoms with Gasteiger partial charge in [0.15, 0.2) is 0 Å². The van der Waals surface area contributed by atoms with E-state index in [0.717, 1.165) is 19.3 Å². The summed E-state index contributed by atoms with van der Waals surface area (Å²) in [6.07, 6.45) is 3.31. The van der Waals surface area contributed by atoms with Crippen LogP contribution in [0.25, 0.3) is 11.1 Å². The zero-order valence-electron chi connectivity index (χ0n) is 14.0. The Morgan fingerprint density at radius 2 is 0.913 bits per heavy atom. The monoisotopic (exact) mass is 300 g/mol. The average molecular weight is 300 g/mol. The van der Waals surface area contributed by atoms with Crippen molar-refractivity contribution in [3.63, 3.8) is 0 Å². The van der Waals surface area contributed by atoms with E-state index >= 15 is 0 Å². The lowest BCUT2D eigenvalue weighted by atomic mass is 9.99. The third-order valence-electron chi connectivity index (χ3n) is 4.47. The van der Waals surface area contributed by atoms with Gasteiger partial charge in [-0.1, -0.05) is 85.3 Å². The summed E-state index contributed by atoms with van der Waals surface area (Å²) in [5.41, 5.74) is 8.12. The fraction of sp³-hybridized carbons (Fsp3) is 0.217. The first-order chi connectivity index (χ1) is 11.2. The molecule has 0 aliphatic rings. The maximum Gasteiger partial charge on any atom is -0.0184 e. The molecule has 3 rings (SSSR count). The third-order valence-corrected chi connectivity index (χ3v) is 4.47. The summed E-state index contributed by atoms with van der Waals surface area (Å²) in [6.45, 7) is 4.32. The molecule has 0 saturated carbocycles. The van der Waals surface area contributed by atoms with Crippen LogP contribution >= 0.6 is 0 Å². The van der Waals surface area contributed by atoms with Gasteiger partial charge in [-0.25, -0.2) is 0 Å². The molecule has 0 spiro atoms. The second-order valence-corrected chi connectivity index (χ2v) is 6.23. The number of rotatable bonds is 5. The van der Waals surface area contributed by atoms with Crippen molar-refractivity contribution < 1.29 is 0 Å². The lowest BCUT2D eigenvalue weighted by Gasteiger charge is -2.06. The summed E-state index contributed by atoms with van der Waals surface area (Å²) in [5.74, 6) is 0. The highest BCUT2D eigenvalue weighted by molar-refractivity contribution is 5.63. The van der Waals surface area contributed by atoms with Gasteiger partial charge in [0.2, 0.25) is 0 Å². The van der Waals surface area contributed by atoms with Crippen LogP contribution in [-0.4, -0.2) is 0 Å². The van der Waals surface area contributed by atoms with Crippen LogP contribution in [-0.2, 0) is 19.3 Å². The largest absolute Gasteiger partial charge is 0.0613 e. The van der Waals surface area contributed by atoms with E-state index < -0.39 is 0 Å².